The van der Waals surface area contributed by atoms with E-state index in [9.17, 15) is 4.79 Å². The minimum absolute atomic E-state index is 0.00856. The van der Waals surface area contributed by atoms with Crippen LogP contribution in [0.25, 0.3) is 0 Å². The van der Waals surface area contributed by atoms with Gasteiger partial charge in [-0.3, -0.25) is 4.79 Å². The van der Waals surface area contributed by atoms with Crippen molar-refractivity contribution in [3.63, 3.8) is 0 Å². The highest BCUT2D eigenvalue weighted by molar-refractivity contribution is 7.99. The Balaban J connectivity index is 2.05. The van der Waals surface area contributed by atoms with Crippen LogP contribution < -0.4 is 11.1 Å². The number of nitrogens with two attached hydrogens (primary N) is 1. The third kappa shape index (κ3) is 3.06. The molecule has 4 nitrogen and oxygen atoms in total. The van der Waals surface area contributed by atoms with Crippen LogP contribution in [-0.4, -0.2) is 41.7 Å². The fourth-order valence-corrected chi connectivity index (χ4v) is 4.22. The maximum Gasteiger partial charge on any atom is 0.233 e. The van der Waals surface area contributed by atoms with Crippen LogP contribution in [0.4, 0.5) is 0 Å². The van der Waals surface area contributed by atoms with E-state index in [0.717, 1.165) is 6.42 Å². The van der Waals surface area contributed by atoms with Crippen molar-refractivity contribution in [1.29, 1.82) is 0 Å². The first-order valence-electron chi connectivity index (χ1n) is 6.81. The van der Waals surface area contributed by atoms with Crippen LogP contribution >= 0.6 is 24.0 Å². The van der Waals surface area contributed by atoms with Gasteiger partial charge in [-0.1, -0.05) is 18.6 Å². The second-order valence-corrected chi connectivity index (χ2v) is 6.86. The van der Waals surface area contributed by atoms with Crippen LogP contribution in [0.5, 0.6) is 0 Å². The van der Waals surface area contributed by atoms with E-state index in [2.05, 4.69) is 11.6 Å². The van der Waals surface area contributed by atoms with Crippen molar-refractivity contribution in [3.05, 3.63) is 0 Å². The van der Waals surface area contributed by atoms with Gasteiger partial charge in [0.1, 0.15) is 5.41 Å². The Morgan fingerprint density at radius 2 is 2.11 bits per heavy atom. The van der Waals surface area contributed by atoms with Crippen molar-refractivity contribution >= 4 is 34.9 Å². The van der Waals surface area contributed by atoms with E-state index in [0.29, 0.717) is 36.3 Å². The van der Waals surface area contributed by atoms with Gasteiger partial charge in [-0.15, -0.1) is 0 Å². The lowest BCUT2D eigenvalue weighted by atomic mass is 9.79. The van der Waals surface area contributed by atoms with Crippen molar-refractivity contribution in [1.82, 2.24) is 5.32 Å². The highest BCUT2D eigenvalue weighted by atomic mass is 32.2. The molecule has 1 heterocycles. The smallest absolute Gasteiger partial charge is 0.233 e. The van der Waals surface area contributed by atoms with Crippen molar-refractivity contribution < 1.29 is 9.53 Å². The first-order valence-corrected chi connectivity index (χ1v) is 8.51. The number of nitrogens with one attached hydrogen (secondary N) is 1. The van der Waals surface area contributed by atoms with Crippen molar-refractivity contribution in [3.8, 4) is 0 Å². The molecule has 108 valence electrons. The predicted octanol–water partition coefficient (Wildman–Crippen LogP) is 1.47. The SMILES string of the molecule is CSC1CCCC1NC(=O)C1(C(N)=S)CCOCC1. The Labute approximate surface area is 124 Å². The summed E-state index contributed by atoms with van der Waals surface area (Å²) in [4.78, 5) is 12.9. The first kappa shape index (κ1) is 15.1. The molecule has 2 aliphatic rings. The molecule has 1 amide bonds. The van der Waals surface area contributed by atoms with E-state index in [1.165, 1.54) is 12.8 Å². The quantitative estimate of drug-likeness (QED) is 0.770. The van der Waals surface area contributed by atoms with E-state index in [-0.39, 0.29) is 11.9 Å². The molecule has 1 aliphatic carbocycles. The van der Waals surface area contributed by atoms with Crippen LogP contribution in [0.15, 0.2) is 0 Å². The summed E-state index contributed by atoms with van der Waals surface area (Å²) < 4.78 is 5.34. The molecule has 6 heteroatoms. The maximum atomic E-state index is 12.6. The van der Waals surface area contributed by atoms with Crippen LogP contribution in [0.2, 0.25) is 0 Å². The number of thiocarbonyl (C=S) groups is 1. The van der Waals surface area contributed by atoms with E-state index in [1.54, 1.807) is 0 Å². The maximum absolute atomic E-state index is 12.6. The van der Waals surface area contributed by atoms with Gasteiger partial charge in [0, 0.05) is 24.5 Å². The van der Waals surface area contributed by atoms with Crippen LogP contribution in [0.1, 0.15) is 32.1 Å². The summed E-state index contributed by atoms with van der Waals surface area (Å²) in [5, 5.41) is 3.71. The van der Waals surface area contributed by atoms with Gasteiger partial charge in [0.05, 0.1) is 4.99 Å². The van der Waals surface area contributed by atoms with Crippen molar-refractivity contribution in [2.45, 2.75) is 43.4 Å². The number of thioether (sulfide) groups is 1. The number of rotatable bonds is 4. The molecule has 1 saturated carbocycles. The molecule has 0 bridgehead atoms. The minimum Gasteiger partial charge on any atom is -0.392 e. The second kappa shape index (κ2) is 6.41. The summed E-state index contributed by atoms with van der Waals surface area (Å²) in [7, 11) is 0. The highest BCUT2D eigenvalue weighted by Gasteiger charge is 2.44. The summed E-state index contributed by atoms with van der Waals surface area (Å²) in [6, 6.07) is 0.261. The molecular formula is C13H22N2O2S2. The van der Waals surface area contributed by atoms with Gasteiger partial charge in [-0.2, -0.15) is 11.8 Å². The Hall–Kier alpha value is -0.330. The standard InChI is InChI=1S/C13H22N2O2S2/c1-19-10-4-2-3-9(10)15-12(16)13(11(14)18)5-7-17-8-6-13/h9-10H,2-8H2,1H3,(H2,14,18)(H,15,16). The molecule has 2 unspecified atom stereocenters. The van der Waals surface area contributed by atoms with Gasteiger partial charge in [-0.05, 0) is 31.9 Å². The number of ether oxygens (including phenoxy) is 1. The third-order valence-corrected chi connectivity index (χ3v) is 5.88. The third-order valence-electron chi connectivity index (χ3n) is 4.32. The van der Waals surface area contributed by atoms with Crippen LogP contribution in [0, 0.1) is 5.41 Å². The second-order valence-electron chi connectivity index (χ2n) is 5.34. The van der Waals surface area contributed by atoms with Gasteiger partial charge in [0.25, 0.3) is 0 Å². The summed E-state index contributed by atoms with van der Waals surface area (Å²) in [6.07, 6.45) is 6.72. The van der Waals surface area contributed by atoms with E-state index >= 15 is 0 Å². The molecule has 1 saturated heterocycles. The van der Waals surface area contributed by atoms with Gasteiger partial charge in [-0.25, -0.2) is 0 Å². The van der Waals surface area contributed by atoms with Crippen molar-refractivity contribution in [2.24, 2.45) is 11.1 Å². The van der Waals surface area contributed by atoms with Crippen LogP contribution in [0.3, 0.4) is 0 Å². The lowest BCUT2D eigenvalue weighted by Gasteiger charge is -2.36. The molecule has 2 atom stereocenters. The lowest BCUT2D eigenvalue weighted by molar-refractivity contribution is -0.132. The fourth-order valence-electron chi connectivity index (χ4n) is 2.99. The monoisotopic (exact) mass is 302 g/mol. The largest absolute Gasteiger partial charge is 0.392 e. The van der Waals surface area contributed by atoms with E-state index in [4.69, 9.17) is 22.7 Å². The summed E-state index contributed by atoms with van der Waals surface area (Å²) >= 11 is 6.99. The fraction of sp³-hybridized carbons (Fsp3) is 0.846. The summed E-state index contributed by atoms with van der Waals surface area (Å²) in [5.41, 5.74) is 5.16. The molecule has 0 radical (unpaired) electrons. The zero-order valence-corrected chi connectivity index (χ0v) is 12.9. The summed E-state index contributed by atoms with van der Waals surface area (Å²) in [6.45, 7) is 1.11. The summed E-state index contributed by atoms with van der Waals surface area (Å²) in [5.74, 6) is 0.00856. The molecule has 1 aliphatic heterocycles. The Morgan fingerprint density at radius 3 is 2.68 bits per heavy atom. The number of hydrogen-bond donors (Lipinski definition) is 2. The highest BCUT2D eigenvalue weighted by Crippen LogP contribution is 2.34. The van der Waals surface area contributed by atoms with Crippen molar-refractivity contribution in [2.75, 3.05) is 19.5 Å². The van der Waals surface area contributed by atoms with Gasteiger partial charge < -0.3 is 15.8 Å². The average Bonchev–Trinajstić information content (AvgIpc) is 2.86. The zero-order chi connectivity index (χ0) is 13.9. The minimum atomic E-state index is -0.695. The predicted molar refractivity (Wildman–Crippen MR) is 82.4 cm³/mol. The van der Waals surface area contributed by atoms with Crippen LogP contribution in [-0.2, 0) is 9.53 Å². The van der Waals surface area contributed by atoms with Gasteiger partial charge in [0.15, 0.2) is 0 Å². The molecular weight excluding hydrogens is 280 g/mol. The number of carbonyl (C=O) groups excluding carboxylic acids is 1. The van der Waals surface area contributed by atoms with E-state index < -0.39 is 5.41 Å². The number of hydrogen-bond acceptors (Lipinski definition) is 4. The first-order chi connectivity index (χ1) is 9.10. The normalized spacial score (nSPS) is 29.9. The van der Waals surface area contributed by atoms with E-state index in [1.807, 2.05) is 11.8 Å². The topological polar surface area (TPSA) is 64.4 Å². The molecule has 0 aromatic rings. The molecule has 3 N–H and O–H groups in total. The molecule has 0 spiro atoms. The molecule has 19 heavy (non-hydrogen) atoms. The zero-order valence-electron chi connectivity index (χ0n) is 11.3. The Kier molecular flexibility index (Phi) is 5.09. The average molecular weight is 302 g/mol. The molecule has 0 aromatic heterocycles. The molecule has 2 rings (SSSR count). The molecule has 2 fully saturated rings. The molecule has 0 aromatic carbocycles. The van der Waals surface area contributed by atoms with Gasteiger partial charge in [0.2, 0.25) is 5.91 Å². The van der Waals surface area contributed by atoms with Gasteiger partial charge >= 0.3 is 0 Å². The Morgan fingerprint density at radius 1 is 1.42 bits per heavy atom. The number of carbonyl (C=O) groups is 1. The lowest BCUT2D eigenvalue weighted by Crippen LogP contribution is -2.54. The number of amides is 1. The Bertz CT molecular complexity index is 357.